The highest BCUT2D eigenvalue weighted by molar-refractivity contribution is 6.38. The Morgan fingerprint density at radius 3 is 2.37 bits per heavy atom. The number of nitrogens with zero attached hydrogens (tertiary/aromatic N) is 2. The Bertz CT molecular complexity index is 976. The van der Waals surface area contributed by atoms with E-state index in [1.165, 1.54) is 0 Å². The molecule has 38 heavy (non-hydrogen) atoms. The number of carbonyl (C=O) groups is 4. The number of ketones is 1. The molecular weight excluding hydrogens is 484 g/mol. The summed E-state index contributed by atoms with van der Waals surface area (Å²) in [7, 11) is 0. The van der Waals surface area contributed by atoms with Crippen molar-refractivity contribution in [1.82, 2.24) is 20.4 Å². The van der Waals surface area contributed by atoms with E-state index in [1.807, 2.05) is 51.1 Å². The number of amides is 4. The molecule has 1 aromatic carbocycles. The second-order valence-electron chi connectivity index (χ2n) is 11.6. The zero-order valence-electron chi connectivity index (χ0n) is 23.2. The largest absolute Gasteiger partial charge is 0.465 e. The maximum absolute atomic E-state index is 13.5. The van der Waals surface area contributed by atoms with Gasteiger partial charge in [-0.3, -0.25) is 14.5 Å². The number of benzene rings is 1. The second-order valence-corrected chi connectivity index (χ2v) is 11.6. The van der Waals surface area contributed by atoms with Crippen LogP contribution in [-0.2, 0) is 9.59 Å². The number of hydrogen-bond acceptors (Lipinski definition) is 4. The van der Waals surface area contributed by atoms with E-state index in [9.17, 15) is 24.3 Å². The zero-order chi connectivity index (χ0) is 27.9. The monoisotopic (exact) mass is 528 g/mol. The molecule has 2 unspecified atom stereocenters. The highest BCUT2D eigenvalue weighted by Gasteiger charge is 2.48. The summed E-state index contributed by atoms with van der Waals surface area (Å²) in [5, 5.41) is 16.2. The predicted octanol–water partition coefficient (Wildman–Crippen LogP) is 5.07. The summed E-state index contributed by atoms with van der Waals surface area (Å²) >= 11 is 0. The fraction of sp³-hybridized carbons (Fsp3) is 0.655. The van der Waals surface area contributed by atoms with Crippen LogP contribution >= 0.6 is 0 Å². The first kappa shape index (κ1) is 29.5. The van der Waals surface area contributed by atoms with E-state index in [2.05, 4.69) is 10.6 Å². The van der Waals surface area contributed by atoms with E-state index in [4.69, 9.17) is 0 Å². The molecular formula is C29H44N4O5. The Labute approximate surface area is 226 Å². The van der Waals surface area contributed by atoms with E-state index < -0.39 is 36.0 Å². The van der Waals surface area contributed by atoms with E-state index in [0.29, 0.717) is 19.4 Å². The minimum atomic E-state index is -1.30. The molecule has 0 spiro atoms. The van der Waals surface area contributed by atoms with Crippen molar-refractivity contribution in [2.45, 2.75) is 110 Å². The summed E-state index contributed by atoms with van der Waals surface area (Å²) in [6.45, 7) is 8.09. The maximum Gasteiger partial charge on any atom is 0.409 e. The number of nitrogens with one attached hydrogen (secondary N) is 2. The van der Waals surface area contributed by atoms with Gasteiger partial charge in [0.25, 0.3) is 5.91 Å². The highest BCUT2D eigenvalue weighted by Crippen LogP contribution is 2.37. The third-order valence-corrected chi connectivity index (χ3v) is 7.77. The molecule has 1 saturated carbocycles. The number of urea groups is 1. The number of hydrogen-bond donors (Lipinski definition) is 3. The van der Waals surface area contributed by atoms with Crippen molar-refractivity contribution in [2.24, 2.45) is 5.41 Å². The van der Waals surface area contributed by atoms with Crippen LogP contribution in [0, 0.1) is 5.41 Å². The molecule has 1 aliphatic carbocycles. The van der Waals surface area contributed by atoms with Gasteiger partial charge in [0, 0.05) is 12.6 Å². The fourth-order valence-corrected chi connectivity index (χ4v) is 5.70. The number of carbonyl (C=O) groups excluding carboxylic acids is 3. The molecule has 0 aromatic heterocycles. The Balaban J connectivity index is 1.84. The molecule has 0 radical (unpaired) electrons. The van der Waals surface area contributed by atoms with Crippen molar-refractivity contribution in [3.63, 3.8) is 0 Å². The third-order valence-electron chi connectivity index (χ3n) is 7.77. The summed E-state index contributed by atoms with van der Waals surface area (Å²) in [4.78, 5) is 55.4. The molecule has 9 nitrogen and oxygen atoms in total. The van der Waals surface area contributed by atoms with Gasteiger partial charge in [-0.2, -0.15) is 0 Å². The van der Waals surface area contributed by atoms with Gasteiger partial charge in [-0.25, -0.2) is 9.59 Å². The topological polar surface area (TPSA) is 119 Å². The Kier molecular flexibility index (Phi) is 10.2. The van der Waals surface area contributed by atoms with Crippen LogP contribution in [0.15, 0.2) is 30.3 Å². The van der Waals surface area contributed by atoms with Crippen LogP contribution in [0.2, 0.25) is 0 Å². The fourth-order valence-electron chi connectivity index (χ4n) is 5.70. The van der Waals surface area contributed by atoms with Crippen molar-refractivity contribution < 1.29 is 24.3 Å². The third kappa shape index (κ3) is 7.48. The van der Waals surface area contributed by atoms with Crippen molar-refractivity contribution in [3.8, 4) is 0 Å². The second kappa shape index (κ2) is 13.1. The van der Waals surface area contributed by atoms with Gasteiger partial charge >= 0.3 is 12.1 Å². The van der Waals surface area contributed by atoms with Crippen molar-refractivity contribution in [2.75, 3.05) is 6.54 Å². The highest BCUT2D eigenvalue weighted by atomic mass is 16.4. The van der Waals surface area contributed by atoms with Crippen LogP contribution in [0.4, 0.5) is 9.59 Å². The van der Waals surface area contributed by atoms with Crippen LogP contribution in [0.25, 0.3) is 0 Å². The maximum atomic E-state index is 13.5. The first-order chi connectivity index (χ1) is 18.0. The summed E-state index contributed by atoms with van der Waals surface area (Å²) < 4.78 is 0. The van der Waals surface area contributed by atoms with E-state index >= 15 is 0 Å². The molecule has 9 heteroatoms. The van der Waals surface area contributed by atoms with Crippen molar-refractivity contribution in [3.05, 3.63) is 35.9 Å². The van der Waals surface area contributed by atoms with Crippen LogP contribution in [0.3, 0.4) is 0 Å². The first-order valence-electron chi connectivity index (χ1n) is 14.0. The molecule has 2 fully saturated rings. The van der Waals surface area contributed by atoms with E-state index in [-0.39, 0.29) is 23.9 Å². The van der Waals surface area contributed by atoms with Crippen molar-refractivity contribution in [1.29, 1.82) is 0 Å². The van der Waals surface area contributed by atoms with Crippen LogP contribution in [0.1, 0.15) is 97.1 Å². The quantitative estimate of drug-likeness (QED) is 0.366. The van der Waals surface area contributed by atoms with Crippen molar-refractivity contribution >= 4 is 23.8 Å². The van der Waals surface area contributed by atoms with Gasteiger partial charge in [0.1, 0.15) is 12.2 Å². The summed E-state index contributed by atoms with van der Waals surface area (Å²) in [5.41, 5.74) is 0.502. The molecule has 1 heterocycles. The summed E-state index contributed by atoms with van der Waals surface area (Å²) in [6, 6.07) is 7.46. The van der Waals surface area contributed by atoms with Gasteiger partial charge in [-0.05, 0) is 43.6 Å². The van der Waals surface area contributed by atoms with Crippen LogP contribution in [-0.4, -0.2) is 63.5 Å². The molecule has 3 rings (SSSR count). The smallest absolute Gasteiger partial charge is 0.409 e. The SMILES string of the molecule is CCCCC(C(=O)C(=O)N[C@H](C)c1ccccc1)N(C(=O)O)C1CC(C)(C)CN1C(=O)NC1CCCCC1. The molecule has 2 aliphatic rings. The Morgan fingerprint density at radius 1 is 1.11 bits per heavy atom. The average Bonchev–Trinajstić information content (AvgIpc) is 3.21. The first-order valence-corrected chi connectivity index (χ1v) is 14.0. The summed E-state index contributed by atoms with van der Waals surface area (Å²) in [6.07, 6.45) is 4.87. The molecule has 3 N–H and O–H groups in total. The Hall–Kier alpha value is -3.10. The molecule has 210 valence electrons. The average molecular weight is 529 g/mol. The lowest BCUT2D eigenvalue weighted by atomic mass is 9.91. The minimum absolute atomic E-state index is 0.0710. The van der Waals surface area contributed by atoms with Gasteiger partial charge in [0.05, 0.1) is 6.04 Å². The Morgan fingerprint density at radius 2 is 1.76 bits per heavy atom. The zero-order valence-corrected chi connectivity index (χ0v) is 23.2. The number of Topliss-reactive ketones (excluding diaryl/α,β-unsaturated/α-hetero) is 1. The van der Waals surface area contributed by atoms with Gasteiger partial charge < -0.3 is 20.6 Å². The molecule has 1 aliphatic heterocycles. The number of carboxylic acid groups (broad SMARTS) is 1. The number of likely N-dealkylation sites (tertiary alicyclic amines) is 1. The minimum Gasteiger partial charge on any atom is -0.465 e. The van der Waals surface area contributed by atoms with Gasteiger partial charge in [-0.1, -0.05) is 83.2 Å². The summed E-state index contributed by atoms with van der Waals surface area (Å²) in [5.74, 6) is -1.61. The lowest BCUT2D eigenvalue weighted by molar-refractivity contribution is -0.142. The molecule has 1 saturated heterocycles. The normalized spacial score (nSPS) is 20.8. The molecule has 4 amide bonds. The number of rotatable bonds is 10. The van der Waals surface area contributed by atoms with Crippen LogP contribution in [0.5, 0.6) is 0 Å². The van der Waals surface area contributed by atoms with E-state index in [1.54, 1.807) is 11.8 Å². The standard InChI is InChI=1S/C29H44N4O5/c1-5-6-17-23(25(34)26(35)30-20(2)21-13-9-7-10-14-21)33(28(37)38)24-18-29(3,4)19-32(24)27(36)31-22-15-11-8-12-16-22/h7,9-10,13-14,20,22-24H,5-6,8,11-12,15-19H2,1-4H3,(H,30,35)(H,31,36)(H,37,38)/t20-,23?,24?/m1/s1. The molecule has 1 aromatic rings. The molecule has 0 bridgehead atoms. The lowest BCUT2D eigenvalue weighted by Crippen LogP contribution is -2.59. The van der Waals surface area contributed by atoms with Crippen LogP contribution < -0.4 is 10.6 Å². The predicted molar refractivity (Wildman–Crippen MR) is 145 cm³/mol. The van der Waals surface area contributed by atoms with Gasteiger partial charge in [0.15, 0.2) is 0 Å². The lowest BCUT2D eigenvalue weighted by Gasteiger charge is -2.38. The van der Waals surface area contributed by atoms with Gasteiger partial charge in [0.2, 0.25) is 5.78 Å². The molecule has 3 atom stereocenters. The number of unbranched alkanes of at least 4 members (excludes halogenated alkanes) is 1. The van der Waals surface area contributed by atoms with E-state index in [0.717, 1.165) is 49.0 Å². The van der Waals surface area contributed by atoms with Gasteiger partial charge in [-0.15, -0.1) is 0 Å².